The monoisotopic (exact) mass is 583 g/mol. The van der Waals surface area contributed by atoms with Crippen LogP contribution >= 0.6 is 11.8 Å². The molecule has 0 saturated carbocycles. The van der Waals surface area contributed by atoms with E-state index in [-0.39, 0.29) is 30.3 Å². The fourth-order valence-electron chi connectivity index (χ4n) is 4.86. The number of carbonyl (C=O) groups is 2. The van der Waals surface area contributed by atoms with Crippen LogP contribution in [0.3, 0.4) is 0 Å². The first-order valence-corrected chi connectivity index (χ1v) is 14.8. The Morgan fingerprint density at radius 2 is 1.57 bits per heavy atom. The van der Waals surface area contributed by atoms with Gasteiger partial charge >= 0.3 is 5.97 Å². The predicted molar refractivity (Wildman–Crippen MR) is 162 cm³/mol. The van der Waals surface area contributed by atoms with Crippen LogP contribution in [0.15, 0.2) is 102 Å². The molecule has 4 aromatic rings. The van der Waals surface area contributed by atoms with Crippen LogP contribution < -0.4 is 5.32 Å². The summed E-state index contributed by atoms with van der Waals surface area (Å²) in [6.07, 6.45) is -0.273. The Bertz CT molecular complexity index is 1520. The molecule has 7 nitrogen and oxygen atoms in total. The molecule has 42 heavy (non-hydrogen) atoms. The molecule has 1 saturated heterocycles. The summed E-state index contributed by atoms with van der Waals surface area (Å²) < 4.78 is 13.0. The molecule has 0 aliphatic carbocycles. The van der Waals surface area contributed by atoms with Gasteiger partial charge in [0.15, 0.2) is 6.29 Å². The van der Waals surface area contributed by atoms with Crippen molar-refractivity contribution in [3.05, 3.63) is 125 Å². The number of rotatable bonds is 10. The zero-order valence-corrected chi connectivity index (χ0v) is 24.1. The van der Waals surface area contributed by atoms with E-state index in [9.17, 15) is 19.8 Å². The second-order valence-corrected chi connectivity index (χ2v) is 11.3. The first-order valence-electron chi connectivity index (χ1n) is 13.8. The van der Waals surface area contributed by atoms with Crippen molar-refractivity contribution in [3.63, 3.8) is 0 Å². The van der Waals surface area contributed by atoms with Crippen molar-refractivity contribution < 1.29 is 29.3 Å². The van der Waals surface area contributed by atoms with Gasteiger partial charge in [-0.1, -0.05) is 60.7 Å². The van der Waals surface area contributed by atoms with E-state index >= 15 is 0 Å². The van der Waals surface area contributed by atoms with E-state index in [2.05, 4.69) is 17.4 Å². The highest BCUT2D eigenvalue weighted by atomic mass is 32.2. The minimum atomic E-state index is -0.945. The lowest BCUT2D eigenvalue weighted by Gasteiger charge is -2.36. The molecule has 1 heterocycles. The minimum Gasteiger partial charge on any atom is -0.478 e. The molecule has 0 spiro atoms. The SMILES string of the molecule is CC(=O)NCc1cccc(-c2cccc([C@@H]3O[C@H](CSc4ccc(C(=O)O)cc4)C[C@H](c4ccc(CO)cc4)O3)c2)c1. The molecule has 0 unspecified atom stereocenters. The third kappa shape index (κ3) is 7.66. The van der Waals surface area contributed by atoms with Gasteiger partial charge in [-0.25, -0.2) is 4.79 Å². The second kappa shape index (κ2) is 13.8. The van der Waals surface area contributed by atoms with E-state index in [1.165, 1.54) is 6.92 Å². The molecule has 3 atom stereocenters. The van der Waals surface area contributed by atoms with Crippen LogP contribution in [0.1, 0.15) is 58.4 Å². The fraction of sp³-hybridized carbons (Fsp3) is 0.235. The predicted octanol–water partition coefficient (Wildman–Crippen LogP) is 6.52. The Morgan fingerprint density at radius 1 is 0.857 bits per heavy atom. The summed E-state index contributed by atoms with van der Waals surface area (Å²) in [5, 5.41) is 21.5. The van der Waals surface area contributed by atoms with Gasteiger partial charge in [-0.3, -0.25) is 4.79 Å². The van der Waals surface area contributed by atoms with Crippen LogP contribution in [0.4, 0.5) is 0 Å². The lowest BCUT2D eigenvalue weighted by Crippen LogP contribution is -2.31. The van der Waals surface area contributed by atoms with Crippen LogP contribution in [-0.2, 0) is 27.4 Å². The summed E-state index contributed by atoms with van der Waals surface area (Å²) in [5.74, 6) is -0.346. The molecule has 8 heteroatoms. The van der Waals surface area contributed by atoms with E-state index in [1.54, 1.807) is 23.9 Å². The molecular formula is C34H33NO6S. The van der Waals surface area contributed by atoms with Gasteiger partial charge in [-0.05, 0) is 64.2 Å². The molecular weight excluding hydrogens is 550 g/mol. The smallest absolute Gasteiger partial charge is 0.335 e. The van der Waals surface area contributed by atoms with Gasteiger partial charge in [0.1, 0.15) is 0 Å². The van der Waals surface area contributed by atoms with Gasteiger partial charge in [-0.2, -0.15) is 0 Å². The van der Waals surface area contributed by atoms with Gasteiger partial charge in [0.2, 0.25) is 5.91 Å². The number of amides is 1. The number of hydrogen-bond donors (Lipinski definition) is 3. The number of carboxylic acids is 1. The van der Waals surface area contributed by atoms with Crippen molar-refractivity contribution in [1.82, 2.24) is 5.32 Å². The fourth-order valence-corrected chi connectivity index (χ4v) is 5.78. The number of nitrogens with one attached hydrogen (secondary N) is 1. The molecule has 1 aliphatic rings. The van der Waals surface area contributed by atoms with Crippen LogP contribution in [-0.4, -0.2) is 33.9 Å². The molecule has 3 N–H and O–H groups in total. The molecule has 0 aromatic heterocycles. The number of carbonyl (C=O) groups excluding carboxylic acids is 1. The van der Waals surface area contributed by atoms with Gasteiger partial charge in [0, 0.05) is 36.1 Å². The number of hydrogen-bond acceptors (Lipinski definition) is 6. The van der Waals surface area contributed by atoms with Crippen LogP contribution in [0.2, 0.25) is 0 Å². The Labute approximate surface area is 249 Å². The normalized spacial score (nSPS) is 18.4. The Morgan fingerprint density at radius 3 is 2.26 bits per heavy atom. The number of aliphatic hydroxyl groups excluding tert-OH is 1. The van der Waals surface area contributed by atoms with Crippen molar-refractivity contribution in [3.8, 4) is 11.1 Å². The Kier molecular flexibility index (Phi) is 9.71. The summed E-state index contributed by atoms with van der Waals surface area (Å²) >= 11 is 1.62. The highest BCUT2D eigenvalue weighted by molar-refractivity contribution is 7.99. The van der Waals surface area contributed by atoms with Crippen molar-refractivity contribution in [2.24, 2.45) is 0 Å². The number of aliphatic hydroxyl groups is 1. The maximum Gasteiger partial charge on any atom is 0.335 e. The van der Waals surface area contributed by atoms with E-state index in [0.29, 0.717) is 18.7 Å². The standard InChI is InChI=1S/C34H33NO6S/c1-22(37)35-19-24-4-2-5-27(16-24)28-6-3-7-29(17-28)34-40-30(21-42-31-14-12-26(13-15-31)33(38)39)18-32(41-34)25-10-8-23(20-36)9-11-25/h2-17,30,32,34,36H,18-21H2,1H3,(H,35,37)(H,38,39)/t30-,32+,34+/m0/s1. The quantitative estimate of drug-likeness (QED) is 0.183. The van der Waals surface area contributed by atoms with E-state index in [1.807, 2.05) is 72.8 Å². The van der Waals surface area contributed by atoms with Gasteiger partial charge in [0.25, 0.3) is 0 Å². The Balaban J connectivity index is 1.37. The summed E-state index contributed by atoms with van der Waals surface area (Å²) in [7, 11) is 0. The lowest BCUT2D eigenvalue weighted by molar-refractivity contribution is -0.245. The highest BCUT2D eigenvalue weighted by Gasteiger charge is 2.32. The number of benzene rings is 4. The van der Waals surface area contributed by atoms with Crippen molar-refractivity contribution in [1.29, 1.82) is 0 Å². The molecule has 0 bridgehead atoms. The maximum absolute atomic E-state index is 11.4. The van der Waals surface area contributed by atoms with E-state index in [0.717, 1.165) is 38.3 Å². The second-order valence-electron chi connectivity index (χ2n) is 10.2. The maximum atomic E-state index is 11.4. The van der Waals surface area contributed by atoms with Crippen molar-refractivity contribution >= 4 is 23.6 Å². The van der Waals surface area contributed by atoms with E-state index in [4.69, 9.17) is 9.47 Å². The molecule has 1 fully saturated rings. The zero-order valence-electron chi connectivity index (χ0n) is 23.2. The molecule has 1 amide bonds. The topological polar surface area (TPSA) is 105 Å². The van der Waals surface area contributed by atoms with Crippen LogP contribution in [0, 0.1) is 0 Å². The van der Waals surface area contributed by atoms with Gasteiger partial charge in [0.05, 0.1) is 24.4 Å². The summed E-state index contributed by atoms with van der Waals surface area (Å²) in [6, 6.07) is 30.9. The Hall–Kier alpha value is -3.95. The molecule has 5 rings (SSSR count). The third-order valence-corrected chi connectivity index (χ3v) is 8.26. The summed E-state index contributed by atoms with van der Waals surface area (Å²) in [6.45, 7) is 1.95. The van der Waals surface area contributed by atoms with E-state index < -0.39 is 12.3 Å². The zero-order chi connectivity index (χ0) is 29.5. The number of thioether (sulfide) groups is 1. The summed E-state index contributed by atoms with van der Waals surface area (Å²) in [5.41, 5.74) is 6.08. The van der Waals surface area contributed by atoms with Crippen LogP contribution in [0.5, 0.6) is 0 Å². The molecule has 0 radical (unpaired) electrons. The van der Waals surface area contributed by atoms with Gasteiger partial charge < -0.3 is 25.0 Å². The molecule has 1 aliphatic heterocycles. The number of ether oxygens (including phenoxy) is 2. The lowest BCUT2D eigenvalue weighted by atomic mass is 9.99. The third-order valence-electron chi connectivity index (χ3n) is 7.11. The van der Waals surface area contributed by atoms with Gasteiger partial charge in [-0.15, -0.1) is 11.8 Å². The first kappa shape index (κ1) is 29.5. The van der Waals surface area contributed by atoms with Crippen molar-refractivity contribution in [2.75, 3.05) is 5.75 Å². The largest absolute Gasteiger partial charge is 0.478 e. The summed E-state index contributed by atoms with van der Waals surface area (Å²) in [4.78, 5) is 23.6. The minimum absolute atomic E-state index is 0.0176. The molecule has 4 aromatic carbocycles. The number of carboxylic acid groups (broad SMARTS) is 1. The highest BCUT2D eigenvalue weighted by Crippen LogP contribution is 2.40. The number of aromatic carboxylic acids is 1. The van der Waals surface area contributed by atoms with Crippen LogP contribution in [0.25, 0.3) is 11.1 Å². The first-order chi connectivity index (χ1) is 20.4. The average Bonchev–Trinajstić information content (AvgIpc) is 3.03. The average molecular weight is 584 g/mol. The molecule has 216 valence electrons. The van der Waals surface area contributed by atoms with Crippen molar-refractivity contribution in [2.45, 2.75) is 49.9 Å².